The highest BCUT2D eigenvalue weighted by Crippen LogP contribution is 2.30. The van der Waals surface area contributed by atoms with Gasteiger partial charge in [0.25, 0.3) is 0 Å². The van der Waals surface area contributed by atoms with Gasteiger partial charge in [0.2, 0.25) is 0 Å². The zero-order valence-corrected chi connectivity index (χ0v) is 8.60. The highest BCUT2D eigenvalue weighted by atomic mass is 35.5. The van der Waals surface area contributed by atoms with Crippen LogP contribution in [-0.4, -0.2) is 5.11 Å². The summed E-state index contributed by atoms with van der Waals surface area (Å²) in [6.45, 7) is 3.88. The smallest absolute Gasteiger partial charge is 0.121 e. The second-order valence-corrected chi connectivity index (χ2v) is 3.58. The van der Waals surface area contributed by atoms with Crippen LogP contribution < -0.4 is 5.73 Å². The largest absolute Gasteiger partial charge is 0.508 e. The molecule has 1 aromatic carbocycles. The molecule has 0 fully saturated rings. The quantitative estimate of drug-likeness (QED) is 0.770. The van der Waals surface area contributed by atoms with Crippen LogP contribution in [0.1, 0.15) is 30.5 Å². The van der Waals surface area contributed by atoms with Crippen molar-refractivity contribution < 1.29 is 5.11 Å². The third-order valence-electron chi connectivity index (χ3n) is 2.15. The molecule has 0 spiro atoms. The maximum atomic E-state index is 9.55. The minimum absolute atomic E-state index is 0.115. The number of phenols is 1. The van der Waals surface area contributed by atoms with Gasteiger partial charge in [-0.2, -0.15) is 0 Å². The summed E-state index contributed by atoms with van der Waals surface area (Å²) >= 11 is 5.83. The fourth-order valence-corrected chi connectivity index (χ4v) is 1.37. The summed E-state index contributed by atoms with van der Waals surface area (Å²) in [5, 5.41) is 10.1. The third kappa shape index (κ3) is 2.14. The van der Waals surface area contributed by atoms with Gasteiger partial charge in [-0.3, -0.25) is 0 Å². The van der Waals surface area contributed by atoms with Crippen molar-refractivity contribution in [2.24, 2.45) is 5.73 Å². The predicted octanol–water partition coefficient (Wildman–Crippen LogP) is 2.76. The lowest BCUT2D eigenvalue weighted by Crippen LogP contribution is -2.09. The van der Waals surface area contributed by atoms with Gasteiger partial charge in [0.15, 0.2) is 0 Å². The molecule has 0 aliphatic heterocycles. The van der Waals surface area contributed by atoms with E-state index in [4.69, 9.17) is 17.3 Å². The van der Waals surface area contributed by atoms with E-state index >= 15 is 0 Å². The predicted molar refractivity (Wildman–Crippen MR) is 55.1 cm³/mol. The summed E-state index contributed by atoms with van der Waals surface area (Å²) in [5.41, 5.74) is 7.52. The van der Waals surface area contributed by atoms with Crippen molar-refractivity contribution in [3.63, 3.8) is 0 Å². The Morgan fingerprint density at radius 3 is 2.69 bits per heavy atom. The van der Waals surface area contributed by atoms with Gasteiger partial charge in [-0.1, -0.05) is 18.5 Å². The molecule has 2 nitrogen and oxygen atoms in total. The van der Waals surface area contributed by atoms with Gasteiger partial charge in [0, 0.05) is 16.6 Å². The highest BCUT2D eigenvalue weighted by Gasteiger charge is 2.10. The standard InChI is InChI=1S/C10H14ClNO/c1-3-9(12)7-4-6(2)8(11)5-10(7)13/h4-5,9,13H,3,12H2,1-2H3/t9-/m1/s1. The molecule has 0 aliphatic rings. The number of hydrogen-bond donors (Lipinski definition) is 2. The van der Waals surface area contributed by atoms with Crippen LogP contribution in [-0.2, 0) is 0 Å². The first-order chi connectivity index (χ1) is 6.06. The van der Waals surface area contributed by atoms with E-state index in [9.17, 15) is 5.11 Å². The number of rotatable bonds is 2. The monoisotopic (exact) mass is 199 g/mol. The van der Waals surface area contributed by atoms with Gasteiger partial charge in [-0.25, -0.2) is 0 Å². The highest BCUT2D eigenvalue weighted by molar-refractivity contribution is 6.31. The van der Waals surface area contributed by atoms with E-state index in [1.165, 1.54) is 0 Å². The van der Waals surface area contributed by atoms with Crippen LogP contribution in [0.15, 0.2) is 12.1 Å². The molecule has 0 aliphatic carbocycles. The minimum atomic E-state index is -0.115. The zero-order chi connectivity index (χ0) is 10.0. The van der Waals surface area contributed by atoms with Crippen LogP contribution in [0.3, 0.4) is 0 Å². The van der Waals surface area contributed by atoms with Gasteiger partial charge in [0.05, 0.1) is 0 Å². The molecule has 13 heavy (non-hydrogen) atoms. The molecule has 1 aromatic rings. The molecular formula is C10H14ClNO. The summed E-state index contributed by atoms with van der Waals surface area (Å²) in [7, 11) is 0. The third-order valence-corrected chi connectivity index (χ3v) is 2.55. The molecule has 72 valence electrons. The molecule has 0 amide bonds. The lowest BCUT2D eigenvalue weighted by Gasteiger charge is -2.12. The summed E-state index contributed by atoms with van der Waals surface area (Å²) in [6, 6.07) is 3.27. The Labute approximate surface area is 83.3 Å². The number of nitrogens with two attached hydrogens (primary N) is 1. The molecule has 1 rings (SSSR count). The molecule has 1 atom stereocenters. The topological polar surface area (TPSA) is 46.2 Å². The maximum Gasteiger partial charge on any atom is 0.121 e. The number of hydrogen-bond acceptors (Lipinski definition) is 2. The average molecular weight is 200 g/mol. The second-order valence-electron chi connectivity index (χ2n) is 3.17. The summed E-state index contributed by atoms with van der Waals surface area (Å²) in [4.78, 5) is 0. The zero-order valence-electron chi connectivity index (χ0n) is 7.84. The van der Waals surface area contributed by atoms with Crippen molar-refractivity contribution in [1.29, 1.82) is 0 Å². The van der Waals surface area contributed by atoms with E-state index in [1.807, 2.05) is 19.9 Å². The number of halogens is 1. The summed E-state index contributed by atoms with van der Waals surface area (Å²) in [6.07, 6.45) is 0.800. The van der Waals surface area contributed by atoms with Crippen molar-refractivity contribution in [1.82, 2.24) is 0 Å². The van der Waals surface area contributed by atoms with Crippen molar-refractivity contribution in [3.05, 3.63) is 28.3 Å². The first kappa shape index (κ1) is 10.4. The van der Waals surface area contributed by atoms with E-state index in [0.717, 1.165) is 17.5 Å². The summed E-state index contributed by atoms with van der Waals surface area (Å²) < 4.78 is 0. The van der Waals surface area contributed by atoms with E-state index in [2.05, 4.69) is 0 Å². The minimum Gasteiger partial charge on any atom is -0.508 e. The molecular weight excluding hydrogens is 186 g/mol. The van der Waals surface area contributed by atoms with E-state index in [0.29, 0.717) is 5.02 Å². The average Bonchev–Trinajstić information content (AvgIpc) is 2.10. The number of benzene rings is 1. The van der Waals surface area contributed by atoms with Gasteiger partial charge >= 0.3 is 0 Å². The van der Waals surface area contributed by atoms with E-state index < -0.39 is 0 Å². The Morgan fingerprint density at radius 1 is 1.54 bits per heavy atom. The molecule has 0 radical (unpaired) electrons. The SMILES string of the molecule is CC[C@@H](N)c1cc(C)c(Cl)cc1O. The fraction of sp³-hybridized carbons (Fsp3) is 0.400. The van der Waals surface area contributed by atoms with Crippen LogP contribution in [0, 0.1) is 6.92 Å². The molecule has 0 aromatic heterocycles. The molecule has 0 unspecified atom stereocenters. The Hall–Kier alpha value is -0.730. The van der Waals surface area contributed by atoms with E-state index in [1.54, 1.807) is 6.07 Å². The number of phenolic OH excluding ortho intramolecular Hbond substituents is 1. The Morgan fingerprint density at radius 2 is 2.15 bits per heavy atom. The molecule has 3 heteroatoms. The van der Waals surface area contributed by atoms with Crippen LogP contribution >= 0.6 is 11.6 Å². The number of aryl methyl sites for hydroxylation is 1. The number of aromatic hydroxyl groups is 1. The maximum absolute atomic E-state index is 9.55. The Bertz CT molecular complexity index is 312. The van der Waals surface area contributed by atoms with Crippen molar-refractivity contribution in [2.75, 3.05) is 0 Å². The van der Waals surface area contributed by atoms with Gasteiger partial charge in [0.1, 0.15) is 5.75 Å². The Kier molecular flexibility index (Phi) is 3.17. The van der Waals surface area contributed by atoms with Crippen molar-refractivity contribution >= 4 is 11.6 Å². The van der Waals surface area contributed by atoms with Gasteiger partial charge < -0.3 is 10.8 Å². The van der Waals surface area contributed by atoms with Crippen LogP contribution in [0.2, 0.25) is 5.02 Å². The van der Waals surface area contributed by atoms with Gasteiger partial charge in [-0.05, 0) is 31.0 Å². The van der Waals surface area contributed by atoms with E-state index in [-0.39, 0.29) is 11.8 Å². The summed E-state index contributed by atoms with van der Waals surface area (Å²) in [5.74, 6) is 0.185. The molecule has 3 N–H and O–H groups in total. The Balaban J connectivity index is 3.15. The van der Waals surface area contributed by atoms with Crippen LogP contribution in [0.25, 0.3) is 0 Å². The molecule has 0 heterocycles. The van der Waals surface area contributed by atoms with Crippen molar-refractivity contribution in [2.45, 2.75) is 26.3 Å². The lowest BCUT2D eigenvalue weighted by molar-refractivity contribution is 0.460. The first-order valence-corrected chi connectivity index (χ1v) is 4.68. The normalized spacial score (nSPS) is 12.9. The molecule has 0 bridgehead atoms. The van der Waals surface area contributed by atoms with Crippen LogP contribution in [0.4, 0.5) is 0 Å². The molecule has 0 saturated carbocycles. The molecule has 0 saturated heterocycles. The first-order valence-electron chi connectivity index (χ1n) is 4.30. The van der Waals surface area contributed by atoms with Crippen molar-refractivity contribution in [3.8, 4) is 5.75 Å². The van der Waals surface area contributed by atoms with Gasteiger partial charge in [-0.15, -0.1) is 0 Å². The van der Waals surface area contributed by atoms with Crippen LogP contribution in [0.5, 0.6) is 5.75 Å². The fourth-order valence-electron chi connectivity index (χ4n) is 1.21. The second kappa shape index (κ2) is 3.99. The lowest BCUT2D eigenvalue weighted by atomic mass is 10.0.